The van der Waals surface area contributed by atoms with Crippen molar-refractivity contribution in [2.45, 2.75) is 31.7 Å². The molecule has 160 valence electrons. The highest BCUT2D eigenvalue weighted by molar-refractivity contribution is 7.08. The van der Waals surface area contributed by atoms with Crippen LogP contribution in [0, 0.1) is 0 Å². The van der Waals surface area contributed by atoms with Crippen LogP contribution in [0.2, 0.25) is 0 Å². The molecule has 2 saturated heterocycles. The van der Waals surface area contributed by atoms with Crippen LogP contribution in [-0.4, -0.2) is 58.3 Å². The number of nitrogens with one attached hydrogen (secondary N) is 1. The van der Waals surface area contributed by atoms with Crippen LogP contribution in [-0.2, 0) is 11.3 Å². The number of carbonyl (C=O) groups excluding carboxylic acids is 4. The molecule has 0 saturated carbocycles. The molecule has 1 aromatic carbocycles. The lowest BCUT2D eigenvalue weighted by molar-refractivity contribution is -0.122. The van der Waals surface area contributed by atoms with Gasteiger partial charge in [-0.3, -0.25) is 24.6 Å². The highest BCUT2D eigenvalue weighted by atomic mass is 32.1. The van der Waals surface area contributed by atoms with Crippen molar-refractivity contribution in [3.05, 3.63) is 57.3 Å². The van der Waals surface area contributed by atoms with Crippen molar-refractivity contribution in [1.82, 2.24) is 20.2 Å². The van der Waals surface area contributed by atoms with Gasteiger partial charge in [-0.05, 0) is 71.9 Å². The number of imide groups is 2. The van der Waals surface area contributed by atoms with E-state index in [1.807, 2.05) is 6.07 Å². The molecule has 2 fully saturated rings. The third kappa shape index (κ3) is 3.64. The summed E-state index contributed by atoms with van der Waals surface area (Å²) in [6.45, 7) is 2.68. The molecule has 3 aliphatic heterocycles. The van der Waals surface area contributed by atoms with Crippen molar-refractivity contribution in [1.29, 1.82) is 0 Å². The largest absolute Gasteiger partial charge is 0.343 e. The number of hydrazine groups is 1. The van der Waals surface area contributed by atoms with Gasteiger partial charge in [0.2, 0.25) is 5.91 Å². The maximum Gasteiger partial charge on any atom is 0.343 e. The molecule has 5 rings (SSSR count). The number of benzene rings is 1. The molecule has 0 atom stereocenters. The monoisotopic (exact) mass is 438 g/mol. The summed E-state index contributed by atoms with van der Waals surface area (Å²) in [4.78, 5) is 51.6. The van der Waals surface area contributed by atoms with Crippen LogP contribution in [0.15, 0.2) is 35.0 Å². The molecular weight excluding hydrogens is 416 g/mol. The minimum absolute atomic E-state index is 0.00205. The molecular formula is C22H22N4O4S. The molecule has 0 aliphatic carbocycles. The van der Waals surface area contributed by atoms with Gasteiger partial charge in [-0.1, -0.05) is 6.07 Å². The Kier molecular flexibility index (Phi) is 5.07. The SMILES string of the molecule is O=C1CCN(N2C(=O)c3ccc(CN4CCC(c5ccsc5)CC4)cc3C2=O)C(=O)N1. The van der Waals surface area contributed by atoms with Gasteiger partial charge in [0.05, 0.1) is 17.7 Å². The van der Waals surface area contributed by atoms with Gasteiger partial charge in [-0.2, -0.15) is 16.3 Å². The van der Waals surface area contributed by atoms with E-state index in [9.17, 15) is 19.2 Å². The van der Waals surface area contributed by atoms with Crippen LogP contribution in [0.5, 0.6) is 0 Å². The number of carbonyl (C=O) groups is 4. The number of amides is 5. The van der Waals surface area contributed by atoms with E-state index in [0.29, 0.717) is 18.0 Å². The predicted octanol–water partition coefficient (Wildman–Crippen LogP) is 2.58. The van der Waals surface area contributed by atoms with Crippen LogP contribution >= 0.6 is 11.3 Å². The highest BCUT2D eigenvalue weighted by Gasteiger charge is 2.43. The second-order valence-electron chi connectivity index (χ2n) is 8.14. The Morgan fingerprint density at radius 3 is 2.45 bits per heavy atom. The number of piperidine rings is 1. The molecule has 0 spiro atoms. The minimum Gasteiger partial charge on any atom is -0.299 e. The zero-order chi connectivity index (χ0) is 21.5. The van der Waals surface area contributed by atoms with E-state index >= 15 is 0 Å². The zero-order valence-corrected chi connectivity index (χ0v) is 17.7. The van der Waals surface area contributed by atoms with E-state index in [-0.39, 0.29) is 18.5 Å². The Morgan fingerprint density at radius 2 is 1.74 bits per heavy atom. The summed E-state index contributed by atoms with van der Waals surface area (Å²) in [5.41, 5.74) is 2.99. The van der Waals surface area contributed by atoms with Crippen molar-refractivity contribution in [3.8, 4) is 0 Å². The number of thiophene rings is 1. The van der Waals surface area contributed by atoms with Gasteiger partial charge in [0.1, 0.15) is 0 Å². The lowest BCUT2D eigenvalue weighted by Crippen LogP contribution is -2.58. The van der Waals surface area contributed by atoms with Gasteiger partial charge >= 0.3 is 6.03 Å². The standard InChI is InChI=1S/C22H22N4O4S/c27-19-5-9-25(22(30)23-19)26-20(28)17-2-1-14(11-18(17)21(26)29)12-24-7-3-15(4-8-24)16-6-10-31-13-16/h1-2,6,10-11,13,15H,3-5,7-9,12H2,(H,23,27,30). The maximum absolute atomic E-state index is 12.9. The van der Waals surface area contributed by atoms with Crippen molar-refractivity contribution >= 4 is 35.1 Å². The molecule has 31 heavy (non-hydrogen) atoms. The maximum atomic E-state index is 12.9. The van der Waals surface area contributed by atoms with Gasteiger partial charge in [0, 0.05) is 13.0 Å². The summed E-state index contributed by atoms with van der Waals surface area (Å²) in [5, 5.41) is 8.37. The third-order valence-electron chi connectivity index (χ3n) is 6.21. The van der Waals surface area contributed by atoms with Gasteiger partial charge < -0.3 is 0 Å². The molecule has 0 radical (unpaired) electrons. The summed E-state index contributed by atoms with van der Waals surface area (Å²) in [6.07, 6.45) is 2.26. The summed E-state index contributed by atoms with van der Waals surface area (Å²) in [5.74, 6) is -0.865. The lowest BCUT2D eigenvalue weighted by atomic mass is 9.91. The smallest absolute Gasteiger partial charge is 0.299 e. The average molecular weight is 439 g/mol. The van der Waals surface area contributed by atoms with Crippen molar-refractivity contribution in [2.24, 2.45) is 0 Å². The van der Waals surface area contributed by atoms with E-state index in [1.54, 1.807) is 23.5 Å². The Hall–Kier alpha value is -3.04. The van der Waals surface area contributed by atoms with E-state index in [2.05, 4.69) is 27.0 Å². The molecule has 0 bridgehead atoms. The second kappa shape index (κ2) is 7.90. The molecule has 3 aliphatic rings. The molecule has 8 nitrogen and oxygen atoms in total. The van der Waals surface area contributed by atoms with E-state index in [4.69, 9.17) is 0 Å². The molecule has 1 aromatic heterocycles. The first-order valence-electron chi connectivity index (χ1n) is 10.4. The van der Waals surface area contributed by atoms with Crippen LogP contribution < -0.4 is 5.32 Å². The number of fused-ring (bicyclic) bond motifs is 1. The van der Waals surface area contributed by atoms with E-state index in [1.165, 1.54) is 5.56 Å². The van der Waals surface area contributed by atoms with E-state index < -0.39 is 23.8 Å². The fourth-order valence-corrected chi connectivity index (χ4v) is 5.27. The Balaban J connectivity index is 1.27. The molecule has 4 heterocycles. The first-order chi connectivity index (χ1) is 15.0. The number of nitrogens with zero attached hydrogens (tertiary/aromatic N) is 3. The topological polar surface area (TPSA) is 90.0 Å². The quantitative estimate of drug-likeness (QED) is 0.741. The van der Waals surface area contributed by atoms with E-state index in [0.717, 1.165) is 41.5 Å². The molecule has 1 N–H and O–H groups in total. The van der Waals surface area contributed by atoms with Gasteiger partial charge in [0.25, 0.3) is 11.8 Å². The third-order valence-corrected chi connectivity index (χ3v) is 6.91. The van der Waals surface area contributed by atoms with Crippen LogP contribution in [0.1, 0.15) is 57.0 Å². The van der Waals surface area contributed by atoms with Gasteiger partial charge in [0.15, 0.2) is 0 Å². The fourth-order valence-electron chi connectivity index (χ4n) is 4.53. The van der Waals surface area contributed by atoms with Crippen molar-refractivity contribution < 1.29 is 19.2 Å². The number of hydrogen-bond acceptors (Lipinski definition) is 6. The molecule has 0 unspecified atom stereocenters. The first kappa shape index (κ1) is 19.9. The average Bonchev–Trinajstić information content (AvgIpc) is 3.37. The molecule has 9 heteroatoms. The zero-order valence-electron chi connectivity index (χ0n) is 16.9. The summed E-state index contributed by atoms with van der Waals surface area (Å²) in [6, 6.07) is 6.75. The number of likely N-dealkylation sites (tertiary alicyclic amines) is 1. The Morgan fingerprint density at radius 1 is 0.968 bits per heavy atom. The lowest BCUT2D eigenvalue weighted by Gasteiger charge is -2.32. The molecule has 5 amide bonds. The fraction of sp³-hybridized carbons (Fsp3) is 0.364. The highest BCUT2D eigenvalue weighted by Crippen LogP contribution is 2.31. The number of urea groups is 1. The summed E-state index contributed by atoms with van der Waals surface area (Å²) >= 11 is 1.74. The van der Waals surface area contributed by atoms with Crippen LogP contribution in [0.25, 0.3) is 0 Å². The normalized spacial score (nSPS) is 20.4. The van der Waals surface area contributed by atoms with Crippen LogP contribution in [0.3, 0.4) is 0 Å². The molecule has 2 aromatic rings. The second-order valence-corrected chi connectivity index (χ2v) is 8.92. The summed E-state index contributed by atoms with van der Waals surface area (Å²) < 4.78 is 0. The first-order valence-corrected chi connectivity index (χ1v) is 11.3. The van der Waals surface area contributed by atoms with Crippen LogP contribution in [0.4, 0.5) is 4.79 Å². The summed E-state index contributed by atoms with van der Waals surface area (Å²) in [7, 11) is 0. The Bertz CT molecular complexity index is 1060. The predicted molar refractivity (Wildman–Crippen MR) is 113 cm³/mol. The Labute approximate surface area is 183 Å². The minimum atomic E-state index is -0.750. The number of hydrogen-bond donors (Lipinski definition) is 1. The van der Waals surface area contributed by atoms with Crippen molar-refractivity contribution in [2.75, 3.05) is 19.6 Å². The van der Waals surface area contributed by atoms with Gasteiger partial charge in [-0.15, -0.1) is 0 Å². The number of rotatable bonds is 4. The van der Waals surface area contributed by atoms with Crippen molar-refractivity contribution in [3.63, 3.8) is 0 Å². The van der Waals surface area contributed by atoms with Gasteiger partial charge in [-0.25, -0.2) is 9.80 Å².